The van der Waals surface area contributed by atoms with Gasteiger partial charge in [-0.3, -0.25) is 0 Å². The first kappa shape index (κ1) is 12.9. The fourth-order valence-corrected chi connectivity index (χ4v) is 1.61. The molecule has 0 heterocycles. The van der Waals surface area contributed by atoms with Gasteiger partial charge in [0.25, 0.3) is 0 Å². The maximum Gasteiger partial charge on any atom is 0.00104 e. The minimum Gasteiger partial charge on any atom is -0.330 e. The Balaban J connectivity index is 3.50. The monoisotopic (exact) mass is 186 g/mol. The molecule has 0 saturated carbocycles. The molecule has 0 bridgehead atoms. The highest BCUT2D eigenvalue weighted by molar-refractivity contribution is 4.69. The van der Waals surface area contributed by atoms with E-state index >= 15 is 0 Å². The predicted molar refractivity (Wildman–Crippen MR) is 59.6 cm³/mol. The van der Waals surface area contributed by atoms with E-state index in [1.165, 1.54) is 19.3 Å². The molecule has 0 aliphatic heterocycles. The Hall–Kier alpha value is -0.0800. The highest BCUT2D eigenvalue weighted by atomic mass is 14.6. The van der Waals surface area contributed by atoms with E-state index in [-0.39, 0.29) is 0 Å². The van der Waals surface area contributed by atoms with Gasteiger partial charge in [0.1, 0.15) is 0 Å². The standard InChI is InChI=1S/C11H26N2/c1-10(13)6-4-7-11(2,3)8-5-9-12/h10H,4-9,12-13H2,1-3H3. The first-order valence-corrected chi connectivity index (χ1v) is 5.43. The lowest BCUT2D eigenvalue weighted by atomic mass is 9.82. The van der Waals surface area contributed by atoms with Gasteiger partial charge in [0, 0.05) is 6.04 Å². The lowest BCUT2D eigenvalue weighted by Gasteiger charge is -2.24. The van der Waals surface area contributed by atoms with Crippen LogP contribution in [0.15, 0.2) is 0 Å². The van der Waals surface area contributed by atoms with Crippen LogP contribution in [0, 0.1) is 5.41 Å². The van der Waals surface area contributed by atoms with Gasteiger partial charge in [-0.05, 0) is 44.6 Å². The zero-order chi connectivity index (χ0) is 10.3. The third kappa shape index (κ3) is 8.26. The molecule has 0 amide bonds. The summed E-state index contributed by atoms with van der Waals surface area (Å²) in [7, 11) is 0. The van der Waals surface area contributed by atoms with Gasteiger partial charge >= 0.3 is 0 Å². The minimum atomic E-state index is 0.352. The van der Waals surface area contributed by atoms with Crippen molar-refractivity contribution < 1.29 is 0 Å². The van der Waals surface area contributed by atoms with E-state index in [1.807, 2.05) is 0 Å². The van der Waals surface area contributed by atoms with Crippen molar-refractivity contribution in [2.75, 3.05) is 6.54 Å². The van der Waals surface area contributed by atoms with Crippen LogP contribution in [0.3, 0.4) is 0 Å². The molecule has 0 rings (SSSR count). The first-order valence-electron chi connectivity index (χ1n) is 5.43. The molecule has 0 aliphatic rings. The molecular formula is C11H26N2. The average molecular weight is 186 g/mol. The molecule has 2 heteroatoms. The smallest absolute Gasteiger partial charge is 0.00104 e. The van der Waals surface area contributed by atoms with Crippen LogP contribution in [0.5, 0.6) is 0 Å². The zero-order valence-electron chi connectivity index (χ0n) is 9.47. The maximum atomic E-state index is 5.70. The van der Waals surface area contributed by atoms with Crippen molar-refractivity contribution in [1.29, 1.82) is 0 Å². The maximum absolute atomic E-state index is 5.70. The van der Waals surface area contributed by atoms with E-state index in [9.17, 15) is 0 Å². The summed E-state index contributed by atoms with van der Waals surface area (Å²) in [5.41, 5.74) is 11.6. The van der Waals surface area contributed by atoms with Crippen molar-refractivity contribution in [3.05, 3.63) is 0 Å². The second-order valence-corrected chi connectivity index (χ2v) is 4.93. The average Bonchev–Trinajstić information content (AvgIpc) is 2.00. The molecule has 0 fully saturated rings. The van der Waals surface area contributed by atoms with Gasteiger partial charge in [-0.1, -0.05) is 20.3 Å². The molecule has 13 heavy (non-hydrogen) atoms. The Labute approximate surface area is 83.1 Å². The molecule has 0 aliphatic carbocycles. The van der Waals surface area contributed by atoms with Gasteiger partial charge in [0.2, 0.25) is 0 Å². The molecule has 0 aromatic heterocycles. The molecule has 1 unspecified atom stereocenters. The van der Waals surface area contributed by atoms with Crippen molar-refractivity contribution in [3.63, 3.8) is 0 Å². The third-order valence-electron chi connectivity index (χ3n) is 2.57. The van der Waals surface area contributed by atoms with Gasteiger partial charge in [0.15, 0.2) is 0 Å². The van der Waals surface area contributed by atoms with Gasteiger partial charge in [0.05, 0.1) is 0 Å². The highest BCUT2D eigenvalue weighted by Gasteiger charge is 2.16. The summed E-state index contributed by atoms with van der Waals surface area (Å²) in [5, 5.41) is 0. The molecule has 0 spiro atoms. The van der Waals surface area contributed by atoms with E-state index in [2.05, 4.69) is 20.8 Å². The second-order valence-electron chi connectivity index (χ2n) is 4.93. The van der Waals surface area contributed by atoms with Crippen LogP contribution in [0.4, 0.5) is 0 Å². The van der Waals surface area contributed by atoms with Crippen LogP contribution in [0.25, 0.3) is 0 Å². The molecule has 4 N–H and O–H groups in total. The van der Waals surface area contributed by atoms with Crippen molar-refractivity contribution >= 4 is 0 Å². The van der Waals surface area contributed by atoms with Crippen LogP contribution in [-0.4, -0.2) is 12.6 Å². The fourth-order valence-electron chi connectivity index (χ4n) is 1.61. The van der Waals surface area contributed by atoms with Crippen LogP contribution >= 0.6 is 0 Å². The molecule has 2 nitrogen and oxygen atoms in total. The summed E-state index contributed by atoms with van der Waals surface area (Å²) in [6, 6.07) is 0.352. The number of hydrogen-bond donors (Lipinski definition) is 2. The largest absolute Gasteiger partial charge is 0.330 e. The van der Waals surface area contributed by atoms with Gasteiger partial charge in [-0.15, -0.1) is 0 Å². The Morgan fingerprint density at radius 2 is 1.69 bits per heavy atom. The first-order chi connectivity index (χ1) is 5.98. The topological polar surface area (TPSA) is 52.0 Å². The van der Waals surface area contributed by atoms with Crippen molar-refractivity contribution in [1.82, 2.24) is 0 Å². The molecule has 80 valence electrons. The quantitative estimate of drug-likeness (QED) is 0.641. The summed E-state index contributed by atoms with van der Waals surface area (Å²) in [6.45, 7) is 7.54. The minimum absolute atomic E-state index is 0.352. The summed E-state index contributed by atoms with van der Waals surface area (Å²) < 4.78 is 0. The summed E-state index contributed by atoms with van der Waals surface area (Å²) in [4.78, 5) is 0. The van der Waals surface area contributed by atoms with Crippen molar-refractivity contribution in [2.45, 2.75) is 58.9 Å². The Bertz CT molecular complexity index is 119. The van der Waals surface area contributed by atoms with Crippen LogP contribution in [-0.2, 0) is 0 Å². The van der Waals surface area contributed by atoms with Crippen LogP contribution in [0.1, 0.15) is 52.9 Å². The Morgan fingerprint density at radius 1 is 1.15 bits per heavy atom. The summed E-state index contributed by atoms with van der Waals surface area (Å²) in [5.74, 6) is 0. The molecule has 0 saturated heterocycles. The van der Waals surface area contributed by atoms with E-state index in [4.69, 9.17) is 11.5 Å². The molecule has 1 atom stereocenters. The van der Waals surface area contributed by atoms with E-state index in [1.54, 1.807) is 0 Å². The van der Waals surface area contributed by atoms with E-state index < -0.39 is 0 Å². The molecule has 0 aromatic carbocycles. The molecular weight excluding hydrogens is 160 g/mol. The number of hydrogen-bond acceptors (Lipinski definition) is 2. The lowest BCUT2D eigenvalue weighted by molar-refractivity contribution is 0.287. The van der Waals surface area contributed by atoms with Crippen molar-refractivity contribution in [3.8, 4) is 0 Å². The second kappa shape index (κ2) is 6.39. The predicted octanol–water partition coefficient (Wildman–Crippen LogP) is 2.27. The van der Waals surface area contributed by atoms with Gasteiger partial charge in [-0.2, -0.15) is 0 Å². The zero-order valence-corrected chi connectivity index (χ0v) is 9.47. The fraction of sp³-hybridized carbons (Fsp3) is 1.00. The molecule has 0 aromatic rings. The Morgan fingerprint density at radius 3 is 2.15 bits per heavy atom. The van der Waals surface area contributed by atoms with Gasteiger partial charge < -0.3 is 11.5 Å². The van der Waals surface area contributed by atoms with Crippen molar-refractivity contribution in [2.24, 2.45) is 16.9 Å². The van der Waals surface area contributed by atoms with Crippen LogP contribution < -0.4 is 11.5 Å². The number of rotatable bonds is 7. The summed E-state index contributed by atoms with van der Waals surface area (Å²) >= 11 is 0. The summed E-state index contributed by atoms with van der Waals surface area (Å²) in [6.07, 6.45) is 6.05. The third-order valence-corrected chi connectivity index (χ3v) is 2.57. The number of nitrogens with two attached hydrogens (primary N) is 2. The lowest BCUT2D eigenvalue weighted by Crippen LogP contribution is -2.18. The SMILES string of the molecule is CC(N)CCCC(C)(C)CCCN. The van der Waals surface area contributed by atoms with E-state index in [0.717, 1.165) is 19.4 Å². The van der Waals surface area contributed by atoms with Crippen LogP contribution in [0.2, 0.25) is 0 Å². The normalized spacial score (nSPS) is 14.5. The Kier molecular flexibility index (Phi) is 6.35. The highest BCUT2D eigenvalue weighted by Crippen LogP contribution is 2.28. The van der Waals surface area contributed by atoms with E-state index in [0.29, 0.717) is 11.5 Å². The molecule has 0 radical (unpaired) electrons. The van der Waals surface area contributed by atoms with Gasteiger partial charge in [-0.25, -0.2) is 0 Å².